The quantitative estimate of drug-likeness (QED) is 0.881. The van der Waals surface area contributed by atoms with Crippen LogP contribution in [0.5, 0.6) is 0 Å². The van der Waals surface area contributed by atoms with E-state index in [4.69, 9.17) is 4.52 Å². The van der Waals surface area contributed by atoms with Crippen molar-refractivity contribution in [2.45, 2.75) is 18.8 Å². The van der Waals surface area contributed by atoms with Crippen molar-refractivity contribution in [3.05, 3.63) is 29.7 Å². The van der Waals surface area contributed by atoms with Crippen molar-refractivity contribution >= 4 is 5.97 Å². The maximum Gasteiger partial charge on any atom is 0.341 e. The van der Waals surface area contributed by atoms with E-state index in [1.54, 1.807) is 0 Å². The van der Waals surface area contributed by atoms with Gasteiger partial charge in [0.25, 0.3) is 0 Å². The van der Waals surface area contributed by atoms with Crippen LogP contribution in [0.15, 0.2) is 22.9 Å². The van der Waals surface area contributed by atoms with Gasteiger partial charge in [-0.25, -0.2) is 4.79 Å². The highest BCUT2D eigenvalue weighted by atomic mass is 16.5. The molecule has 1 N–H and O–H groups in total. The van der Waals surface area contributed by atoms with Crippen LogP contribution in [0, 0.1) is 0 Å². The third-order valence-electron chi connectivity index (χ3n) is 3.07. The maximum absolute atomic E-state index is 11.3. The summed E-state index contributed by atoms with van der Waals surface area (Å²) in [6.45, 7) is 0. The van der Waals surface area contributed by atoms with Gasteiger partial charge in [-0.05, 0) is 25.0 Å². The second-order valence-corrected chi connectivity index (χ2v) is 4.35. The van der Waals surface area contributed by atoms with Crippen molar-refractivity contribution in [1.82, 2.24) is 9.72 Å². The lowest BCUT2D eigenvalue weighted by Crippen LogP contribution is -2.02. The minimum absolute atomic E-state index is 0.217. The van der Waals surface area contributed by atoms with Crippen LogP contribution in [0.3, 0.4) is 0 Å². The van der Waals surface area contributed by atoms with Crippen molar-refractivity contribution in [3.63, 3.8) is 0 Å². The summed E-state index contributed by atoms with van der Waals surface area (Å²) < 4.78 is 7.05. The van der Waals surface area contributed by atoms with Gasteiger partial charge in [0.15, 0.2) is 5.76 Å². The van der Waals surface area contributed by atoms with Gasteiger partial charge in [0.2, 0.25) is 0 Å². The Kier molecular flexibility index (Phi) is 2.07. The van der Waals surface area contributed by atoms with Crippen LogP contribution in [0.25, 0.3) is 11.4 Å². The number of hydrogen-bond donors (Lipinski definition) is 1. The normalized spacial score (nSPS) is 15.1. The van der Waals surface area contributed by atoms with Crippen LogP contribution in [0.1, 0.15) is 34.9 Å². The number of carboxylic acid groups (broad SMARTS) is 1. The zero-order valence-corrected chi connectivity index (χ0v) is 9.38. The molecule has 0 spiro atoms. The molecule has 0 radical (unpaired) electrons. The summed E-state index contributed by atoms with van der Waals surface area (Å²) in [4.78, 5) is 11.3. The van der Waals surface area contributed by atoms with E-state index in [0.29, 0.717) is 11.5 Å². The molecule has 2 heterocycles. The Hall–Kier alpha value is -2.04. The zero-order chi connectivity index (χ0) is 12.0. The minimum atomic E-state index is -0.968. The molecule has 2 aromatic heterocycles. The monoisotopic (exact) mass is 232 g/mol. The first-order valence-electron chi connectivity index (χ1n) is 5.53. The number of rotatable bonds is 3. The summed E-state index contributed by atoms with van der Waals surface area (Å²) in [5.74, 6) is -0.208. The second kappa shape index (κ2) is 3.48. The van der Waals surface area contributed by atoms with Gasteiger partial charge in [-0.15, -0.1) is 0 Å². The van der Waals surface area contributed by atoms with Crippen LogP contribution < -0.4 is 0 Å². The Morgan fingerprint density at radius 3 is 2.88 bits per heavy atom. The molecule has 3 rings (SSSR count). The number of nitrogens with zero attached hydrogens (tertiary/aromatic N) is 2. The third kappa shape index (κ3) is 1.54. The molecule has 5 nitrogen and oxygen atoms in total. The van der Waals surface area contributed by atoms with Crippen LogP contribution in [0.2, 0.25) is 0 Å². The van der Waals surface area contributed by atoms with E-state index < -0.39 is 5.97 Å². The van der Waals surface area contributed by atoms with Gasteiger partial charge in [0, 0.05) is 19.2 Å². The smallest absolute Gasteiger partial charge is 0.341 e. The van der Waals surface area contributed by atoms with Crippen molar-refractivity contribution < 1.29 is 14.4 Å². The summed E-state index contributed by atoms with van der Waals surface area (Å²) in [6, 6.07) is 3.69. The average molecular weight is 232 g/mol. The summed E-state index contributed by atoms with van der Waals surface area (Å²) in [6.07, 6.45) is 3.83. The summed E-state index contributed by atoms with van der Waals surface area (Å²) in [5.41, 5.74) is 1.40. The summed E-state index contributed by atoms with van der Waals surface area (Å²) in [5, 5.41) is 13.2. The van der Waals surface area contributed by atoms with E-state index in [-0.39, 0.29) is 11.5 Å². The van der Waals surface area contributed by atoms with Crippen molar-refractivity contribution in [2.75, 3.05) is 0 Å². The Morgan fingerprint density at radius 2 is 2.35 bits per heavy atom. The number of carboxylic acids is 1. The first-order chi connectivity index (χ1) is 8.18. The van der Waals surface area contributed by atoms with Crippen LogP contribution in [-0.2, 0) is 7.05 Å². The van der Waals surface area contributed by atoms with E-state index in [1.807, 2.05) is 29.9 Å². The minimum Gasteiger partial charge on any atom is -0.477 e. The highest BCUT2D eigenvalue weighted by molar-refractivity contribution is 5.95. The van der Waals surface area contributed by atoms with Crippen LogP contribution in [-0.4, -0.2) is 20.8 Å². The lowest BCUT2D eigenvalue weighted by Gasteiger charge is -2.00. The Balaban J connectivity index is 2.17. The molecule has 0 amide bonds. The second-order valence-electron chi connectivity index (χ2n) is 4.35. The lowest BCUT2D eigenvalue weighted by molar-refractivity contribution is 0.0695. The number of carbonyl (C=O) groups is 1. The fourth-order valence-corrected chi connectivity index (χ4v) is 2.02. The molecule has 0 aromatic carbocycles. The molecule has 0 atom stereocenters. The first-order valence-corrected chi connectivity index (χ1v) is 5.53. The molecular formula is C12H12N2O3. The number of aromatic nitrogens is 2. The lowest BCUT2D eigenvalue weighted by atomic mass is 10.1. The SMILES string of the molecule is Cn1cccc1-c1noc(C2CC2)c1C(=O)O. The predicted molar refractivity (Wildman–Crippen MR) is 59.8 cm³/mol. The molecule has 0 bridgehead atoms. The predicted octanol–water partition coefficient (Wildman–Crippen LogP) is 2.26. The molecule has 2 aromatic rings. The standard InChI is InChI=1S/C12H12N2O3/c1-14-6-2-3-8(14)10-9(12(15)16)11(17-13-10)7-4-5-7/h2-3,6-7H,4-5H2,1H3,(H,15,16). The first kappa shape index (κ1) is 10.1. The van der Waals surface area contributed by atoms with Crippen molar-refractivity contribution in [2.24, 2.45) is 7.05 Å². The molecule has 88 valence electrons. The van der Waals surface area contributed by atoms with Gasteiger partial charge in [0.1, 0.15) is 11.3 Å². The van der Waals surface area contributed by atoms with E-state index >= 15 is 0 Å². The van der Waals surface area contributed by atoms with E-state index in [9.17, 15) is 9.90 Å². The largest absolute Gasteiger partial charge is 0.477 e. The number of aryl methyl sites for hydroxylation is 1. The van der Waals surface area contributed by atoms with Crippen molar-refractivity contribution in [3.8, 4) is 11.4 Å². The molecule has 0 saturated heterocycles. The van der Waals surface area contributed by atoms with Gasteiger partial charge in [-0.2, -0.15) is 0 Å². The molecule has 1 aliphatic rings. The number of hydrogen-bond acceptors (Lipinski definition) is 3. The molecule has 1 fully saturated rings. The Labute approximate surface area is 97.6 Å². The molecule has 5 heteroatoms. The Bertz CT molecular complexity index is 578. The molecule has 0 aliphatic heterocycles. The van der Waals surface area contributed by atoms with Crippen LogP contribution >= 0.6 is 0 Å². The molecule has 17 heavy (non-hydrogen) atoms. The van der Waals surface area contributed by atoms with Gasteiger partial charge in [0.05, 0.1) is 5.69 Å². The fraction of sp³-hybridized carbons (Fsp3) is 0.333. The molecule has 1 saturated carbocycles. The summed E-state index contributed by atoms with van der Waals surface area (Å²) >= 11 is 0. The fourth-order valence-electron chi connectivity index (χ4n) is 2.02. The summed E-state index contributed by atoms with van der Waals surface area (Å²) in [7, 11) is 1.85. The topological polar surface area (TPSA) is 68.3 Å². The average Bonchev–Trinajstić information content (AvgIpc) is 2.89. The zero-order valence-electron chi connectivity index (χ0n) is 9.38. The highest BCUT2D eigenvalue weighted by Crippen LogP contribution is 2.43. The maximum atomic E-state index is 11.3. The molecule has 1 aliphatic carbocycles. The molecule has 0 unspecified atom stereocenters. The van der Waals surface area contributed by atoms with Gasteiger partial charge < -0.3 is 14.2 Å². The highest BCUT2D eigenvalue weighted by Gasteiger charge is 2.35. The van der Waals surface area contributed by atoms with Gasteiger partial charge in [-0.1, -0.05) is 5.16 Å². The number of aromatic carboxylic acids is 1. The van der Waals surface area contributed by atoms with Gasteiger partial charge in [-0.3, -0.25) is 0 Å². The third-order valence-corrected chi connectivity index (χ3v) is 3.07. The van der Waals surface area contributed by atoms with E-state index in [2.05, 4.69) is 5.16 Å². The van der Waals surface area contributed by atoms with Crippen molar-refractivity contribution in [1.29, 1.82) is 0 Å². The molecular weight excluding hydrogens is 220 g/mol. The van der Waals surface area contributed by atoms with E-state index in [0.717, 1.165) is 18.5 Å². The van der Waals surface area contributed by atoms with Crippen LogP contribution in [0.4, 0.5) is 0 Å². The van der Waals surface area contributed by atoms with E-state index in [1.165, 1.54) is 0 Å². The Morgan fingerprint density at radius 1 is 1.59 bits per heavy atom. The van der Waals surface area contributed by atoms with Gasteiger partial charge >= 0.3 is 5.97 Å².